The van der Waals surface area contributed by atoms with Gasteiger partial charge in [0.15, 0.2) is 5.79 Å². The molecular formula is C15H26N2O4. The minimum atomic E-state index is -0.703. The first kappa shape index (κ1) is 16.2. The van der Waals surface area contributed by atoms with Gasteiger partial charge in [0.05, 0.1) is 6.54 Å². The van der Waals surface area contributed by atoms with E-state index < -0.39 is 11.8 Å². The van der Waals surface area contributed by atoms with E-state index in [9.17, 15) is 9.59 Å². The molecule has 0 saturated carbocycles. The van der Waals surface area contributed by atoms with E-state index in [4.69, 9.17) is 9.47 Å². The fourth-order valence-electron chi connectivity index (χ4n) is 3.03. The van der Waals surface area contributed by atoms with E-state index >= 15 is 0 Å². The number of amides is 2. The smallest absolute Gasteiger partial charge is 0.245 e. The van der Waals surface area contributed by atoms with E-state index in [1.54, 1.807) is 4.90 Å². The number of rotatable bonds is 4. The van der Waals surface area contributed by atoms with Crippen LogP contribution in [0.25, 0.3) is 0 Å². The first-order valence-electron chi connectivity index (χ1n) is 7.70. The molecule has 0 bridgehead atoms. The van der Waals surface area contributed by atoms with Crippen molar-refractivity contribution in [2.45, 2.75) is 77.5 Å². The van der Waals surface area contributed by atoms with Gasteiger partial charge in [-0.1, -0.05) is 6.92 Å². The fourth-order valence-corrected chi connectivity index (χ4v) is 3.03. The number of likely N-dealkylation sites (tertiary alicyclic amines) is 1. The van der Waals surface area contributed by atoms with Gasteiger partial charge in [-0.05, 0) is 34.1 Å². The van der Waals surface area contributed by atoms with Crippen LogP contribution in [0.3, 0.4) is 0 Å². The zero-order valence-electron chi connectivity index (χ0n) is 13.5. The topological polar surface area (TPSA) is 67.9 Å². The predicted molar refractivity (Wildman–Crippen MR) is 77.5 cm³/mol. The fraction of sp³-hybridized carbons (Fsp3) is 0.867. The van der Waals surface area contributed by atoms with Crippen LogP contribution in [0.2, 0.25) is 0 Å². The average Bonchev–Trinajstić information content (AvgIpc) is 2.79. The maximum absolute atomic E-state index is 12.5. The lowest BCUT2D eigenvalue weighted by Gasteiger charge is -2.29. The maximum atomic E-state index is 12.5. The van der Waals surface area contributed by atoms with Crippen molar-refractivity contribution in [1.29, 1.82) is 0 Å². The van der Waals surface area contributed by atoms with Gasteiger partial charge in [-0.15, -0.1) is 0 Å². The second-order valence-corrected chi connectivity index (χ2v) is 6.54. The lowest BCUT2D eigenvalue weighted by Crippen LogP contribution is -2.52. The first-order valence-corrected chi connectivity index (χ1v) is 7.70. The van der Waals surface area contributed by atoms with Gasteiger partial charge in [-0.3, -0.25) is 9.59 Å². The van der Waals surface area contributed by atoms with Gasteiger partial charge >= 0.3 is 0 Å². The van der Waals surface area contributed by atoms with Crippen LogP contribution in [0, 0.1) is 0 Å². The summed E-state index contributed by atoms with van der Waals surface area (Å²) in [5.41, 5.74) is 0. The van der Waals surface area contributed by atoms with Crippen LogP contribution in [-0.2, 0) is 19.1 Å². The van der Waals surface area contributed by atoms with E-state index in [2.05, 4.69) is 5.32 Å². The molecule has 0 aromatic heterocycles. The molecule has 6 heteroatoms. The molecule has 2 rings (SSSR count). The molecule has 0 spiro atoms. The van der Waals surface area contributed by atoms with Gasteiger partial charge in [-0.2, -0.15) is 0 Å². The van der Waals surface area contributed by atoms with Crippen LogP contribution in [0.1, 0.15) is 47.5 Å². The Bertz CT molecular complexity index is 422. The Morgan fingerprint density at radius 2 is 2.00 bits per heavy atom. The van der Waals surface area contributed by atoms with Gasteiger partial charge in [0.2, 0.25) is 11.8 Å². The van der Waals surface area contributed by atoms with Crippen molar-refractivity contribution in [3.05, 3.63) is 0 Å². The number of hydrogen-bond acceptors (Lipinski definition) is 4. The molecular weight excluding hydrogens is 272 g/mol. The molecule has 120 valence electrons. The standard InChI is InChI=1S/C15H26N2O4/c1-6-7-11(18)17-8-10-13(21-15(4,5)20-10)12(17)14(19)16-9(2)3/h9-10,12-13H,6-8H2,1-5H3,(H,16,19)/t10-,12-,13-/m0/s1. The van der Waals surface area contributed by atoms with Crippen molar-refractivity contribution in [3.8, 4) is 0 Å². The normalized spacial score (nSPS) is 30.6. The molecule has 0 aromatic carbocycles. The van der Waals surface area contributed by atoms with Crippen molar-refractivity contribution in [2.24, 2.45) is 0 Å². The van der Waals surface area contributed by atoms with Crippen molar-refractivity contribution in [3.63, 3.8) is 0 Å². The molecule has 2 aliphatic rings. The Balaban J connectivity index is 2.19. The predicted octanol–water partition coefficient (Wildman–Crippen LogP) is 1.04. The summed E-state index contributed by atoms with van der Waals surface area (Å²) < 4.78 is 11.7. The summed E-state index contributed by atoms with van der Waals surface area (Å²) in [5, 5.41) is 2.88. The summed E-state index contributed by atoms with van der Waals surface area (Å²) in [6.45, 7) is 9.84. The van der Waals surface area contributed by atoms with Crippen LogP contribution in [0.5, 0.6) is 0 Å². The highest BCUT2D eigenvalue weighted by Gasteiger charge is 2.56. The third-order valence-electron chi connectivity index (χ3n) is 3.73. The van der Waals surface area contributed by atoms with Gasteiger partial charge in [-0.25, -0.2) is 0 Å². The molecule has 0 aromatic rings. The summed E-state index contributed by atoms with van der Waals surface area (Å²) >= 11 is 0. The quantitative estimate of drug-likeness (QED) is 0.842. The van der Waals surface area contributed by atoms with Gasteiger partial charge in [0, 0.05) is 12.5 Å². The van der Waals surface area contributed by atoms with Gasteiger partial charge in [0.25, 0.3) is 0 Å². The number of fused-ring (bicyclic) bond motifs is 1. The Hall–Kier alpha value is -1.14. The molecule has 2 heterocycles. The highest BCUT2D eigenvalue weighted by atomic mass is 16.8. The van der Waals surface area contributed by atoms with Crippen molar-refractivity contribution >= 4 is 11.8 Å². The zero-order valence-corrected chi connectivity index (χ0v) is 13.5. The summed E-state index contributed by atoms with van der Waals surface area (Å²) in [6.07, 6.45) is 0.577. The first-order chi connectivity index (χ1) is 9.75. The van der Waals surface area contributed by atoms with Crippen molar-refractivity contribution in [2.75, 3.05) is 6.54 Å². The highest BCUT2D eigenvalue weighted by Crippen LogP contribution is 2.37. The van der Waals surface area contributed by atoms with E-state index in [0.717, 1.165) is 6.42 Å². The van der Waals surface area contributed by atoms with Gasteiger partial charge in [0.1, 0.15) is 18.2 Å². The lowest BCUT2D eigenvalue weighted by molar-refractivity contribution is -0.170. The number of nitrogens with zero attached hydrogens (tertiary/aromatic N) is 1. The third kappa shape index (κ3) is 3.37. The molecule has 3 atom stereocenters. The molecule has 0 unspecified atom stereocenters. The van der Waals surface area contributed by atoms with Crippen LogP contribution in [0.15, 0.2) is 0 Å². The Labute approximate surface area is 126 Å². The van der Waals surface area contributed by atoms with E-state index in [-0.39, 0.29) is 30.1 Å². The minimum absolute atomic E-state index is 0.0131. The monoisotopic (exact) mass is 298 g/mol. The Kier molecular flexibility index (Phi) is 4.58. The Morgan fingerprint density at radius 1 is 1.33 bits per heavy atom. The molecule has 0 aliphatic carbocycles. The lowest BCUT2D eigenvalue weighted by atomic mass is 10.1. The molecule has 2 fully saturated rings. The molecule has 1 N–H and O–H groups in total. The second-order valence-electron chi connectivity index (χ2n) is 6.54. The maximum Gasteiger partial charge on any atom is 0.245 e. The molecule has 2 amide bonds. The Morgan fingerprint density at radius 3 is 2.57 bits per heavy atom. The van der Waals surface area contributed by atoms with Crippen molar-refractivity contribution < 1.29 is 19.1 Å². The molecule has 0 radical (unpaired) electrons. The zero-order chi connectivity index (χ0) is 15.8. The second kappa shape index (κ2) is 5.93. The summed E-state index contributed by atoms with van der Waals surface area (Å²) in [5.74, 6) is -0.880. The minimum Gasteiger partial charge on any atom is -0.352 e. The van der Waals surface area contributed by atoms with Crippen molar-refractivity contribution in [1.82, 2.24) is 10.2 Å². The van der Waals surface area contributed by atoms with E-state index in [1.807, 2.05) is 34.6 Å². The number of carbonyl (C=O) groups is 2. The summed E-state index contributed by atoms with van der Waals surface area (Å²) in [4.78, 5) is 26.4. The van der Waals surface area contributed by atoms with Crippen LogP contribution < -0.4 is 5.32 Å². The van der Waals surface area contributed by atoms with E-state index in [1.165, 1.54) is 0 Å². The summed E-state index contributed by atoms with van der Waals surface area (Å²) in [7, 11) is 0. The SMILES string of the molecule is CCCC(=O)N1C[C@@H]2OC(C)(C)O[C@@H]2[C@H]1C(=O)NC(C)C. The molecule has 6 nitrogen and oxygen atoms in total. The van der Waals surface area contributed by atoms with Gasteiger partial charge < -0.3 is 19.7 Å². The van der Waals surface area contributed by atoms with E-state index in [0.29, 0.717) is 13.0 Å². The number of hydrogen-bond donors (Lipinski definition) is 1. The number of carbonyl (C=O) groups excluding carboxylic acids is 2. The largest absolute Gasteiger partial charge is 0.352 e. The molecule has 21 heavy (non-hydrogen) atoms. The summed E-state index contributed by atoms with van der Waals surface area (Å²) in [6, 6.07) is -0.576. The van der Waals surface area contributed by atoms with Crippen LogP contribution >= 0.6 is 0 Å². The van der Waals surface area contributed by atoms with Crippen LogP contribution in [-0.4, -0.2) is 53.3 Å². The average molecular weight is 298 g/mol. The molecule has 2 saturated heterocycles. The van der Waals surface area contributed by atoms with Crippen LogP contribution in [0.4, 0.5) is 0 Å². The number of ether oxygens (including phenoxy) is 2. The highest BCUT2D eigenvalue weighted by molar-refractivity contribution is 5.89. The number of nitrogens with one attached hydrogen (secondary N) is 1. The third-order valence-corrected chi connectivity index (χ3v) is 3.73. The molecule has 2 aliphatic heterocycles.